The van der Waals surface area contributed by atoms with Crippen molar-refractivity contribution in [3.63, 3.8) is 0 Å². The second kappa shape index (κ2) is 8.37. The van der Waals surface area contributed by atoms with Gasteiger partial charge in [0.25, 0.3) is 5.91 Å². The minimum absolute atomic E-state index is 0.0247. The molecule has 0 N–H and O–H groups in total. The molecule has 168 valence electrons. The summed E-state index contributed by atoms with van der Waals surface area (Å²) >= 11 is 0. The van der Waals surface area contributed by atoms with E-state index in [1.807, 2.05) is 61.6 Å². The number of hydrogen-bond donors (Lipinski definition) is 0. The van der Waals surface area contributed by atoms with Gasteiger partial charge in [0.15, 0.2) is 9.84 Å². The largest absolute Gasteiger partial charge is 0.376 e. The molecule has 2 aliphatic rings. The SMILES string of the molecule is Cn1c(-c2ccccc2)c(C(=O)N(C[C@H]2CCCO2)[C@H]2CCS(=O)(=O)C2)c2ccccc21. The van der Waals surface area contributed by atoms with Crippen molar-refractivity contribution in [3.05, 3.63) is 60.2 Å². The summed E-state index contributed by atoms with van der Waals surface area (Å²) in [6.07, 6.45) is 2.30. The Kier molecular flexibility index (Phi) is 5.55. The number of nitrogens with zero attached hydrogens (tertiary/aromatic N) is 2. The summed E-state index contributed by atoms with van der Waals surface area (Å²) in [5.41, 5.74) is 3.43. The van der Waals surface area contributed by atoms with Gasteiger partial charge in [-0.15, -0.1) is 0 Å². The number of ether oxygens (including phenoxy) is 1. The maximum atomic E-state index is 14.2. The normalized spacial score (nSPS) is 22.4. The number of carbonyl (C=O) groups is 1. The number of amides is 1. The molecule has 3 heterocycles. The first kappa shape index (κ1) is 21.2. The molecule has 1 amide bonds. The Morgan fingerprint density at radius 2 is 1.84 bits per heavy atom. The summed E-state index contributed by atoms with van der Waals surface area (Å²) in [4.78, 5) is 16.0. The van der Waals surface area contributed by atoms with Crippen molar-refractivity contribution in [2.24, 2.45) is 7.05 Å². The first-order valence-electron chi connectivity index (χ1n) is 11.2. The maximum Gasteiger partial charge on any atom is 0.257 e. The van der Waals surface area contributed by atoms with Crippen LogP contribution < -0.4 is 0 Å². The van der Waals surface area contributed by atoms with E-state index in [9.17, 15) is 13.2 Å². The van der Waals surface area contributed by atoms with Crippen LogP contribution >= 0.6 is 0 Å². The minimum Gasteiger partial charge on any atom is -0.376 e. The molecule has 3 aromatic rings. The van der Waals surface area contributed by atoms with Gasteiger partial charge < -0.3 is 14.2 Å². The van der Waals surface area contributed by atoms with Gasteiger partial charge in [0.1, 0.15) is 0 Å². The van der Waals surface area contributed by atoms with Crippen molar-refractivity contribution < 1.29 is 17.9 Å². The van der Waals surface area contributed by atoms with Crippen LogP contribution in [0.1, 0.15) is 29.6 Å². The molecule has 0 bridgehead atoms. The first-order chi connectivity index (χ1) is 15.4. The fraction of sp³-hybridized carbons (Fsp3) is 0.400. The summed E-state index contributed by atoms with van der Waals surface area (Å²) in [7, 11) is -1.15. The van der Waals surface area contributed by atoms with Crippen molar-refractivity contribution >= 4 is 26.6 Å². The Hall–Kier alpha value is -2.64. The van der Waals surface area contributed by atoms with E-state index in [1.54, 1.807) is 4.90 Å². The van der Waals surface area contributed by atoms with E-state index in [4.69, 9.17) is 4.74 Å². The summed E-state index contributed by atoms with van der Waals surface area (Å²) in [5.74, 6) is 0.0450. The van der Waals surface area contributed by atoms with Gasteiger partial charge in [0, 0.05) is 37.1 Å². The lowest BCUT2D eigenvalue weighted by Gasteiger charge is -2.31. The standard InChI is InChI=1S/C25H28N2O4S/c1-26-22-12-6-5-11-21(22)23(24(26)18-8-3-2-4-9-18)25(28)27(16-20-10-7-14-31-20)19-13-15-32(29,30)17-19/h2-6,8-9,11-12,19-20H,7,10,13-17H2,1H3/t19-,20+/m0/s1. The molecule has 2 aromatic carbocycles. The average molecular weight is 453 g/mol. The van der Waals surface area contributed by atoms with E-state index in [2.05, 4.69) is 4.57 Å². The smallest absolute Gasteiger partial charge is 0.257 e. The van der Waals surface area contributed by atoms with Crippen LogP contribution in [0.3, 0.4) is 0 Å². The molecule has 6 nitrogen and oxygen atoms in total. The van der Waals surface area contributed by atoms with Gasteiger partial charge in [0.05, 0.1) is 28.9 Å². The zero-order chi connectivity index (χ0) is 22.3. The van der Waals surface area contributed by atoms with E-state index < -0.39 is 9.84 Å². The first-order valence-corrected chi connectivity index (χ1v) is 13.0. The number of fused-ring (bicyclic) bond motifs is 1. The number of para-hydroxylation sites is 1. The third kappa shape index (κ3) is 3.84. The van der Waals surface area contributed by atoms with Crippen LogP contribution in [-0.2, 0) is 21.6 Å². The molecule has 0 aliphatic carbocycles. The van der Waals surface area contributed by atoms with E-state index >= 15 is 0 Å². The zero-order valence-corrected chi connectivity index (χ0v) is 19.1. The second-order valence-electron chi connectivity index (χ2n) is 8.82. The monoisotopic (exact) mass is 452 g/mol. The predicted molar refractivity (Wildman–Crippen MR) is 125 cm³/mol. The molecule has 0 saturated carbocycles. The number of carbonyl (C=O) groups excluding carboxylic acids is 1. The highest BCUT2D eigenvalue weighted by Gasteiger charge is 2.38. The number of sulfone groups is 1. The van der Waals surface area contributed by atoms with Crippen LogP contribution in [0.15, 0.2) is 54.6 Å². The molecule has 2 atom stereocenters. The van der Waals surface area contributed by atoms with E-state index in [1.165, 1.54) is 0 Å². The van der Waals surface area contributed by atoms with Crippen molar-refractivity contribution in [2.75, 3.05) is 24.7 Å². The molecule has 2 saturated heterocycles. The summed E-state index contributed by atoms with van der Waals surface area (Å²) in [5, 5.41) is 0.886. The molecular weight excluding hydrogens is 424 g/mol. The maximum absolute atomic E-state index is 14.2. The molecule has 2 fully saturated rings. The number of aromatic nitrogens is 1. The average Bonchev–Trinajstić information content (AvgIpc) is 3.50. The lowest BCUT2D eigenvalue weighted by atomic mass is 10.0. The summed E-state index contributed by atoms with van der Waals surface area (Å²) < 4.78 is 32.4. The van der Waals surface area contributed by atoms with Gasteiger partial charge in [-0.1, -0.05) is 48.5 Å². The van der Waals surface area contributed by atoms with E-state index in [0.717, 1.165) is 35.0 Å². The lowest BCUT2D eigenvalue weighted by Crippen LogP contribution is -2.45. The Morgan fingerprint density at radius 1 is 1.09 bits per heavy atom. The van der Waals surface area contributed by atoms with E-state index in [0.29, 0.717) is 25.1 Å². The minimum atomic E-state index is -3.13. The number of benzene rings is 2. The third-order valence-corrected chi connectivity index (χ3v) is 8.45. The molecule has 2 aliphatic heterocycles. The highest BCUT2D eigenvalue weighted by Crippen LogP contribution is 2.35. The second-order valence-corrected chi connectivity index (χ2v) is 11.0. The van der Waals surface area contributed by atoms with Crippen LogP contribution in [-0.4, -0.2) is 60.6 Å². The summed E-state index contributed by atoms with van der Waals surface area (Å²) in [6, 6.07) is 17.5. The lowest BCUT2D eigenvalue weighted by molar-refractivity contribution is 0.0443. The fourth-order valence-corrected chi connectivity index (χ4v) is 6.84. The number of aryl methyl sites for hydroxylation is 1. The molecule has 0 unspecified atom stereocenters. The Bertz CT molecular complexity index is 1240. The van der Waals surface area contributed by atoms with Crippen LogP contribution in [0, 0.1) is 0 Å². The fourth-order valence-electron chi connectivity index (χ4n) is 5.11. The van der Waals surface area contributed by atoms with Gasteiger partial charge in [-0.25, -0.2) is 8.42 Å². The molecule has 5 rings (SSSR count). The molecule has 32 heavy (non-hydrogen) atoms. The quantitative estimate of drug-likeness (QED) is 0.593. The Morgan fingerprint density at radius 3 is 2.53 bits per heavy atom. The highest BCUT2D eigenvalue weighted by molar-refractivity contribution is 7.91. The summed E-state index contributed by atoms with van der Waals surface area (Å²) in [6.45, 7) is 1.12. The van der Waals surface area contributed by atoms with Crippen molar-refractivity contribution in [2.45, 2.75) is 31.4 Å². The number of rotatable bonds is 5. The Labute approximate surface area is 188 Å². The van der Waals surface area contributed by atoms with Crippen molar-refractivity contribution in [3.8, 4) is 11.3 Å². The van der Waals surface area contributed by atoms with Crippen LogP contribution in [0.2, 0.25) is 0 Å². The predicted octanol–water partition coefficient (Wildman–Crippen LogP) is 3.65. The van der Waals surface area contributed by atoms with Gasteiger partial charge in [0.2, 0.25) is 0 Å². The van der Waals surface area contributed by atoms with Crippen LogP contribution in [0.5, 0.6) is 0 Å². The van der Waals surface area contributed by atoms with Gasteiger partial charge in [-0.3, -0.25) is 4.79 Å². The third-order valence-electron chi connectivity index (χ3n) is 6.70. The highest BCUT2D eigenvalue weighted by atomic mass is 32.2. The number of hydrogen-bond acceptors (Lipinski definition) is 4. The van der Waals surface area contributed by atoms with Crippen molar-refractivity contribution in [1.29, 1.82) is 0 Å². The molecular formula is C25H28N2O4S. The van der Waals surface area contributed by atoms with Gasteiger partial charge in [-0.2, -0.15) is 0 Å². The molecule has 1 aromatic heterocycles. The van der Waals surface area contributed by atoms with Gasteiger partial charge in [-0.05, 0) is 30.9 Å². The molecule has 7 heteroatoms. The van der Waals surface area contributed by atoms with E-state index in [-0.39, 0.29) is 29.6 Å². The molecule has 0 radical (unpaired) electrons. The van der Waals surface area contributed by atoms with Crippen molar-refractivity contribution in [1.82, 2.24) is 9.47 Å². The Balaban J connectivity index is 1.64. The molecule has 0 spiro atoms. The zero-order valence-electron chi connectivity index (χ0n) is 18.2. The topological polar surface area (TPSA) is 68.6 Å². The van der Waals surface area contributed by atoms with Crippen LogP contribution in [0.4, 0.5) is 0 Å². The van der Waals surface area contributed by atoms with Crippen LogP contribution in [0.25, 0.3) is 22.2 Å². The van der Waals surface area contributed by atoms with Gasteiger partial charge >= 0.3 is 0 Å².